The first-order valence-electron chi connectivity index (χ1n) is 6.38. The van der Waals surface area contributed by atoms with Crippen LogP contribution in [0.5, 0.6) is 0 Å². The van der Waals surface area contributed by atoms with Gasteiger partial charge in [-0.05, 0) is 25.2 Å². The van der Waals surface area contributed by atoms with Crippen molar-refractivity contribution in [2.24, 2.45) is 5.92 Å². The van der Waals surface area contributed by atoms with Gasteiger partial charge in [0.15, 0.2) is 0 Å². The van der Waals surface area contributed by atoms with Crippen LogP contribution in [0.3, 0.4) is 0 Å². The van der Waals surface area contributed by atoms with Gasteiger partial charge in [0.1, 0.15) is 5.82 Å². The lowest BCUT2D eigenvalue weighted by atomic mass is 9.89. The molecule has 2 unspecified atom stereocenters. The summed E-state index contributed by atoms with van der Waals surface area (Å²) in [5, 5.41) is 10.6. The van der Waals surface area contributed by atoms with E-state index < -0.39 is 5.60 Å². The SMILES string of the molecule is CCCn1ccnc1CC1(O)CCCC1C. The van der Waals surface area contributed by atoms with Crippen LogP contribution in [0.2, 0.25) is 0 Å². The molecule has 0 spiro atoms. The van der Waals surface area contributed by atoms with Gasteiger partial charge >= 0.3 is 0 Å². The number of hydrogen-bond acceptors (Lipinski definition) is 2. The molecule has 3 heteroatoms. The second-order valence-corrected chi connectivity index (χ2v) is 5.11. The standard InChI is InChI=1S/C13H22N2O/c1-3-8-15-9-7-14-12(15)10-13(16)6-4-5-11(13)2/h7,9,11,16H,3-6,8,10H2,1-2H3. The topological polar surface area (TPSA) is 38.0 Å². The van der Waals surface area contributed by atoms with Crippen LogP contribution in [0, 0.1) is 5.92 Å². The van der Waals surface area contributed by atoms with Gasteiger partial charge in [-0.15, -0.1) is 0 Å². The summed E-state index contributed by atoms with van der Waals surface area (Å²) in [4.78, 5) is 4.38. The van der Waals surface area contributed by atoms with Crippen LogP contribution < -0.4 is 0 Å². The average Bonchev–Trinajstić information content (AvgIpc) is 2.78. The van der Waals surface area contributed by atoms with Gasteiger partial charge < -0.3 is 9.67 Å². The van der Waals surface area contributed by atoms with E-state index in [-0.39, 0.29) is 0 Å². The minimum atomic E-state index is -0.517. The maximum atomic E-state index is 10.6. The Kier molecular flexibility index (Phi) is 3.33. The van der Waals surface area contributed by atoms with Gasteiger partial charge in [-0.2, -0.15) is 0 Å². The van der Waals surface area contributed by atoms with E-state index in [0.717, 1.165) is 38.1 Å². The van der Waals surface area contributed by atoms with E-state index in [1.807, 2.05) is 12.4 Å². The Morgan fingerprint density at radius 3 is 3.06 bits per heavy atom. The van der Waals surface area contributed by atoms with E-state index in [0.29, 0.717) is 12.3 Å². The van der Waals surface area contributed by atoms with Crippen molar-refractivity contribution in [1.29, 1.82) is 0 Å². The molecule has 0 aromatic carbocycles. The normalized spacial score (nSPS) is 29.8. The van der Waals surface area contributed by atoms with Gasteiger partial charge in [-0.25, -0.2) is 4.98 Å². The van der Waals surface area contributed by atoms with Gasteiger partial charge in [-0.3, -0.25) is 0 Å². The third-order valence-electron chi connectivity index (χ3n) is 3.89. The summed E-state index contributed by atoms with van der Waals surface area (Å²) in [6.45, 7) is 5.32. The molecule has 90 valence electrons. The smallest absolute Gasteiger partial charge is 0.111 e. The zero-order valence-electron chi connectivity index (χ0n) is 10.3. The molecule has 0 radical (unpaired) electrons. The molecule has 1 saturated carbocycles. The number of hydrogen-bond donors (Lipinski definition) is 1. The van der Waals surface area contributed by atoms with Crippen molar-refractivity contribution in [3.05, 3.63) is 18.2 Å². The third-order valence-corrected chi connectivity index (χ3v) is 3.89. The van der Waals surface area contributed by atoms with E-state index in [2.05, 4.69) is 23.4 Å². The molecule has 0 saturated heterocycles. The molecule has 0 amide bonds. The number of aromatic nitrogens is 2. The largest absolute Gasteiger partial charge is 0.389 e. The molecule has 2 rings (SSSR count). The van der Waals surface area contributed by atoms with E-state index in [1.54, 1.807) is 0 Å². The molecule has 1 N–H and O–H groups in total. The Balaban J connectivity index is 2.10. The summed E-state index contributed by atoms with van der Waals surface area (Å²) in [5.41, 5.74) is -0.517. The second kappa shape index (κ2) is 4.58. The zero-order valence-corrected chi connectivity index (χ0v) is 10.3. The van der Waals surface area contributed by atoms with Crippen molar-refractivity contribution in [2.75, 3.05) is 0 Å². The van der Waals surface area contributed by atoms with Crippen molar-refractivity contribution >= 4 is 0 Å². The highest BCUT2D eigenvalue weighted by Crippen LogP contribution is 2.37. The van der Waals surface area contributed by atoms with Gasteiger partial charge in [0, 0.05) is 25.4 Å². The molecule has 16 heavy (non-hydrogen) atoms. The van der Waals surface area contributed by atoms with Gasteiger partial charge in [0.05, 0.1) is 5.60 Å². The minimum absolute atomic E-state index is 0.402. The van der Waals surface area contributed by atoms with Crippen molar-refractivity contribution in [1.82, 2.24) is 9.55 Å². The van der Waals surface area contributed by atoms with Crippen LogP contribution in [-0.4, -0.2) is 20.3 Å². The van der Waals surface area contributed by atoms with Crippen LogP contribution in [0.4, 0.5) is 0 Å². The molecular weight excluding hydrogens is 200 g/mol. The molecule has 1 aliphatic rings. The fourth-order valence-electron chi connectivity index (χ4n) is 2.72. The first kappa shape index (κ1) is 11.6. The predicted octanol–water partition coefficient (Wildman–Crippen LogP) is 2.39. The van der Waals surface area contributed by atoms with E-state index in [9.17, 15) is 5.11 Å². The van der Waals surface area contributed by atoms with Crippen molar-refractivity contribution in [2.45, 2.75) is 58.1 Å². The average molecular weight is 222 g/mol. The number of aryl methyl sites for hydroxylation is 1. The molecule has 3 nitrogen and oxygen atoms in total. The summed E-state index contributed by atoms with van der Waals surface area (Å²) in [6.07, 6.45) is 8.89. The third kappa shape index (κ3) is 2.14. The van der Waals surface area contributed by atoms with Crippen LogP contribution in [0.1, 0.15) is 45.4 Å². The summed E-state index contributed by atoms with van der Waals surface area (Å²) in [6, 6.07) is 0. The Hall–Kier alpha value is -0.830. The molecule has 1 aromatic heterocycles. The number of rotatable bonds is 4. The predicted molar refractivity (Wildman–Crippen MR) is 64.2 cm³/mol. The summed E-state index contributed by atoms with van der Waals surface area (Å²) >= 11 is 0. The maximum Gasteiger partial charge on any atom is 0.111 e. The molecular formula is C13H22N2O. The molecule has 0 bridgehead atoms. The summed E-state index contributed by atoms with van der Waals surface area (Å²) in [5.74, 6) is 1.44. The first-order chi connectivity index (χ1) is 7.65. The molecule has 1 heterocycles. The summed E-state index contributed by atoms with van der Waals surface area (Å²) in [7, 11) is 0. The molecule has 2 atom stereocenters. The zero-order chi connectivity index (χ0) is 11.6. The second-order valence-electron chi connectivity index (χ2n) is 5.11. The monoisotopic (exact) mass is 222 g/mol. The summed E-state index contributed by atoms with van der Waals surface area (Å²) < 4.78 is 2.17. The maximum absolute atomic E-state index is 10.6. The number of aliphatic hydroxyl groups is 1. The van der Waals surface area contributed by atoms with Crippen molar-refractivity contribution < 1.29 is 5.11 Å². The Morgan fingerprint density at radius 2 is 2.44 bits per heavy atom. The lowest BCUT2D eigenvalue weighted by Crippen LogP contribution is -2.35. The number of nitrogens with zero attached hydrogens (tertiary/aromatic N) is 2. The van der Waals surface area contributed by atoms with Gasteiger partial charge in [0.25, 0.3) is 0 Å². The van der Waals surface area contributed by atoms with E-state index in [1.165, 1.54) is 0 Å². The lowest BCUT2D eigenvalue weighted by molar-refractivity contribution is 0.00705. The Morgan fingerprint density at radius 1 is 1.62 bits per heavy atom. The number of imidazole rings is 1. The van der Waals surface area contributed by atoms with E-state index in [4.69, 9.17) is 0 Å². The van der Waals surface area contributed by atoms with Gasteiger partial charge in [-0.1, -0.05) is 20.3 Å². The van der Waals surface area contributed by atoms with E-state index >= 15 is 0 Å². The van der Waals surface area contributed by atoms with Crippen LogP contribution in [0.15, 0.2) is 12.4 Å². The fraction of sp³-hybridized carbons (Fsp3) is 0.769. The van der Waals surface area contributed by atoms with Crippen LogP contribution in [-0.2, 0) is 13.0 Å². The molecule has 1 fully saturated rings. The lowest BCUT2D eigenvalue weighted by Gasteiger charge is -2.27. The highest BCUT2D eigenvalue weighted by Gasteiger charge is 2.39. The van der Waals surface area contributed by atoms with Crippen molar-refractivity contribution in [3.8, 4) is 0 Å². The first-order valence-corrected chi connectivity index (χ1v) is 6.38. The van der Waals surface area contributed by atoms with Crippen molar-refractivity contribution in [3.63, 3.8) is 0 Å². The Labute approximate surface area is 97.5 Å². The quantitative estimate of drug-likeness (QED) is 0.849. The molecule has 1 aromatic rings. The van der Waals surface area contributed by atoms with Crippen LogP contribution in [0.25, 0.3) is 0 Å². The molecule has 1 aliphatic carbocycles. The highest BCUT2D eigenvalue weighted by atomic mass is 16.3. The van der Waals surface area contributed by atoms with Crippen LogP contribution >= 0.6 is 0 Å². The minimum Gasteiger partial charge on any atom is -0.389 e. The molecule has 0 aliphatic heterocycles. The highest BCUT2D eigenvalue weighted by molar-refractivity contribution is 5.02. The fourth-order valence-corrected chi connectivity index (χ4v) is 2.72. The Bertz CT molecular complexity index is 347. The van der Waals surface area contributed by atoms with Gasteiger partial charge in [0.2, 0.25) is 0 Å².